The van der Waals surface area contributed by atoms with Crippen molar-refractivity contribution in [1.29, 1.82) is 0 Å². The fourth-order valence-electron chi connectivity index (χ4n) is 1.32. The quantitative estimate of drug-likeness (QED) is 0.374. The van der Waals surface area contributed by atoms with E-state index >= 15 is 0 Å². The molecule has 124 valence electrons. The van der Waals surface area contributed by atoms with Gasteiger partial charge in [0, 0.05) is 0 Å². The highest BCUT2D eigenvalue weighted by molar-refractivity contribution is 8.14. The number of amides is 1. The number of carbonyl (C=O) groups excluding carboxylic acids is 3. The van der Waals surface area contributed by atoms with Crippen molar-refractivity contribution in [2.24, 2.45) is 4.99 Å². The molecular formula is C14H15ClN2O5S. The van der Waals surface area contributed by atoms with Gasteiger partial charge in [0.1, 0.15) is 0 Å². The lowest BCUT2D eigenvalue weighted by molar-refractivity contribution is -0.150. The van der Waals surface area contributed by atoms with Gasteiger partial charge in [0.25, 0.3) is 0 Å². The van der Waals surface area contributed by atoms with Crippen LogP contribution in [0.1, 0.15) is 6.92 Å². The molecule has 0 unspecified atom stereocenters. The summed E-state index contributed by atoms with van der Waals surface area (Å²) in [5, 5.41) is 3.31. The number of amidine groups is 1. The van der Waals surface area contributed by atoms with Crippen LogP contribution < -0.4 is 5.32 Å². The van der Waals surface area contributed by atoms with Gasteiger partial charge in [-0.3, -0.25) is 4.79 Å². The lowest BCUT2D eigenvalue weighted by Gasteiger charge is -2.10. The summed E-state index contributed by atoms with van der Waals surface area (Å²) in [6.45, 7) is 1.80. The Labute approximate surface area is 142 Å². The number of para-hydroxylation sites is 1. The van der Waals surface area contributed by atoms with Crippen LogP contribution in [0.2, 0.25) is 5.02 Å². The van der Waals surface area contributed by atoms with Crippen molar-refractivity contribution in [2.75, 3.05) is 24.8 Å². The van der Waals surface area contributed by atoms with Gasteiger partial charge in [0.2, 0.25) is 5.78 Å². The number of hydrogen-bond donors (Lipinski definition) is 1. The van der Waals surface area contributed by atoms with Gasteiger partial charge in [-0.2, -0.15) is 4.99 Å². The second-order valence-electron chi connectivity index (χ2n) is 3.92. The summed E-state index contributed by atoms with van der Waals surface area (Å²) in [5.41, 5.74) is 0.496. The van der Waals surface area contributed by atoms with Gasteiger partial charge < -0.3 is 14.8 Å². The number of anilines is 1. The minimum Gasteiger partial charge on any atom is -0.463 e. The maximum Gasteiger partial charge on any atom is 0.436 e. The molecule has 0 saturated carbocycles. The van der Waals surface area contributed by atoms with Crippen LogP contribution in [0.15, 0.2) is 29.3 Å². The average Bonchev–Trinajstić information content (AvgIpc) is 2.53. The van der Waals surface area contributed by atoms with Crippen molar-refractivity contribution in [1.82, 2.24) is 0 Å². The molecule has 0 fully saturated rings. The first-order valence-corrected chi connectivity index (χ1v) is 7.85. The number of nitrogens with zero attached hydrogens (tertiary/aromatic N) is 1. The Hall–Kier alpha value is -2.06. The lowest BCUT2D eigenvalue weighted by Crippen LogP contribution is -2.20. The van der Waals surface area contributed by atoms with E-state index in [1.807, 2.05) is 0 Å². The standard InChI is InChI=1S/C14H15ClN2O5S/c1-3-22-14(20)17-13(23-8-11(18)12(19)21-2)16-10-7-5-4-6-9(10)15/h4-7H,3,8H2,1-2H3,(H,16,17,20). The zero-order valence-electron chi connectivity index (χ0n) is 12.5. The number of benzene rings is 1. The Morgan fingerprint density at radius 2 is 2.00 bits per heavy atom. The van der Waals surface area contributed by atoms with Crippen LogP contribution in [-0.4, -0.2) is 42.5 Å². The smallest absolute Gasteiger partial charge is 0.436 e. The van der Waals surface area contributed by atoms with Gasteiger partial charge >= 0.3 is 12.1 Å². The van der Waals surface area contributed by atoms with Crippen LogP contribution in [0.3, 0.4) is 0 Å². The maximum atomic E-state index is 11.5. The molecule has 0 saturated heterocycles. The molecule has 0 spiro atoms. The molecule has 23 heavy (non-hydrogen) atoms. The molecule has 0 bridgehead atoms. The fraction of sp³-hybridized carbons (Fsp3) is 0.286. The summed E-state index contributed by atoms with van der Waals surface area (Å²) in [4.78, 5) is 37.8. The summed E-state index contributed by atoms with van der Waals surface area (Å²) < 4.78 is 9.05. The van der Waals surface area contributed by atoms with Crippen molar-refractivity contribution < 1.29 is 23.9 Å². The van der Waals surface area contributed by atoms with E-state index in [-0.39, 0.29) is 17.5 Å². The molecule has 0 aliphatic heterocycles. The van der Waals surface area contributed by atoms with Crippen LogP contribution in [0.4, 0.5) is 10.5 Å². The van der Waals surface area contributed by atoms with Crippen molar-refractivity contribution in [3.8, 4) is 0 Å². The Bertz CT molecular complexity index is 621. The molecule has 0 aliphatic rings. The van der Waals surface area contributed by atoms with E-state index in [1.54, 1.807) is 31.2 Å². The minimum atomic E-state index is -0.967. The van der Waals surface area contributed by atoms with E-state index in [0.717, 1.165) is 18.9 Å². The predicted octanol–water partition coefficient (Wildman–Crippen LogP) is 2.74. The molecule has 1 aromatic carbocycles. The van der Waals surface area contributed by atoms with E-state index < -0.39 is 17.8 Å². The van der Waals surface area contributed by atoms with Crippen LogP contribution in [-0.2, 0) is 19.1 Å². The molecule has 0 atom stereocenters. The number of esters is 1. The molecular weight excluding hydrogens is 344 g/mol. The highest BCUT2D eigenvalue weighted by atomic mass is 35.5. The number of rotatable bonds is 5. The van der Waals surface area contributed by atoms with Crippen LogP contribution in [0.25, 0.3) is 0 Å². The molecule has 7 nitrogen and oxygen atoms in total. The molecule has 0 heterocycles. The first-order valence-electron chi connectivity index (χ1n) is 6.48. The molecule has 1 rings (SSSR count). The molecule has 0 aromatic heterocycles. The topological polar surface area (TPSA) is 94.1 Å². The number of ketones is 1. The van der Waals surface area contributed by atoms with Gasteiger partial charge in [-0.15, -0.1) is 0 Å². The van der Waals surface area contributed by atoms with Crippen molar-refractivity contribution in [3.05, 3.63) is 29.3 Å². The second kappa shape index (κ2) is 9.86. The number of halogens is 1. The fourth-order valence-corrected chi connectivity index (χ4v) is 2.21. The van der Waals surface area contributed by atoms with Gasteiger partial charge in [0.15, 0.2) is 5.17 Å². The Morgan fingerprint density at radius 1 is 1.30 bits per heavy atom. The van der Waals surface area contributed by atoms with Crippen molar-refractivity contribution >= 4 is 52.1 Å². The Kier molecular flexibility index (Phi) is 8.14. The third-order valence-electron chi connectivity index (χ3n) is 2.33. The van der Waals surface area contributed by atoms with E-state index in [0.29, 0.717) is 10.7 Å². The molecule has 0 radical (unpaired) electrons. The number of nitrogens with one attached hydrogen (secondary N) is 1. The second-order valence-corrected chi connectivity index (χ2v) is 5.30. The largest absolute Gasteiger partial charge is 0.463 e. The third-order valence-corrected chi connectivity index (χ3v) is 3.53. The van der Waals surface area contributed by atoms with E-state index in [4.69, 9.17) is 16.3 Å². The number of carbonyl (C=O) groups is 3. The number of methoxy groups -OCH3 is 1. The lowest BCUT2D eigenvalue weighted by atomic mass is 10.3. The van der Waals surface area contributed by atoms with Crippen LogP contribution in [0, 0.1) is 0 Å². The van der Waals surface area contributed by atoms with Gasteiger partial charge in [0.05, 0.1) is 30.2 Å². The number of Topliss-reactive ketones (excluding diaryl/α,β-unsaturated/α-hetero) is 1. The van der Waals surface area contributed by atoms with Gasteiger partial charge in [-0.25, -0.2) is 9.59 Å². The number of hydrogen-bond acceptors (Lipinski definition) is 6. The summed E-state index contributed by atoms with van der Waals surface area (Å²) in [6.07, 6.45) is -0.819. The molecule has 9 heteroatoms. The summed E-state index contributed by atoms with van der Waals surface area (Å²) in [6, 6.07) is 6.80. The number of aliphatic imine (C=N–C) groups is 1. The Balaban J connectivity index is 2.85. The summed E-state index contributed by atoms with van der Waals surface area (Å²) >= 11 is 6.88. The zero-order chi connectivity index (χ0) is 17.2. The first kappa shape index (κ1) is 19.0. The van der Waals surface area contributed by atoms with E-state index in [9.17, 15) is 14.4 Å². The number of thioether (sulfide) groups is 1. The Morgan fingerprint density at radius 3 is 2.61 bits per heavy atom. The highest BCUT2D eigenvalue weighted by Gasteiger charge is 2.17. The maximum absolute atomic E-state index is 11.5. The van der Waals surface area contributed by atoms with Crippen LogP contribution >= 0.6 is 23.4 Å². The van der Waals surface area contributed by atoms with Crippen LogP contribution in [0.5, 0.6) is 0 Å². The van der Waals surface area contributed by atoms with Gasteiger partial charge in [-0.05, 0) is 19.1 Å². The molecule has 1 amide bonds. The monoisotopic (exact) mass is 358 g/mol. The first-order chi connectivity index (χ1) is 11.0. The van der Waals surface area contributed by atoms with E-state index in [2.05, 4.69) is 15.0 Å². The number of ether oxygens (including phenoxy) is 2. The zero-order valence-corrected chi connectivity index (χ0v) is 14.1. The minimum absolute atomic E-state index is 0.0776. The van der Waals surface area contributed by atoms with Gasteiger partial charge in [-0.1, -0.05) is 35.5 Å². The van der Waals surface area contributed by atoms with Crippen molar-refractivity contribution in [2.45, 2.75) is 6.92 Å². The SMILES string of the molecule is CCOC(=O)/N=C(/Nc1ccccc1Cl)SCC(=O)C(=O)OC. The highest BCUT2D eigenvalue weighted by Crippen LogP contribution is 2.22. The summed E-state index contributed by atoms with van der Waals surface area (Å²) in [5.74, 6) is -1.97. The molecule has 1 N–H and O–H groups in total. The molecule has 0 aliphatic carbocycles. The van der Waals surface area contributed by atoms with E-state index in [1.165, 1.54) is 0 Å². The average molecular weight is 359 g/mol. The third kappa shape index (κ3) is 6.70. The van der Waals surface area contributed by atoms with Crippen molar-refractivity contribution in [3.63, 3.8) is 0 Å². The molecule has 1 aromatic rings. The predicted molar refractivity (Wildman–Crippen MR) is 89.0 cm³/mol. The summed E-state index contributed by atoms with van der Waals surface area (Å²) in [7, 11) is 1.11. The normalized spacial score (nSPS) is 10.8.